The van der Waals surface area contributed by atoms with Crippen LogP contribution in [0.4, 0.5) is 0 Å². The molecule has 0 unspecified atom stereocenters. The lowest BCUT2D eigenvalue weighted by molar-refractivity contribution is -0.937. The van der Waals surface area contributed by atoms with Crippen LogP contribution in [-0.4, -0.2) is 77.3 Å². The lowest BCUT2D eigenvalue weighted by atomic mass is 9.66. The highest BCUT2D eigenvalue weighted by molar-refractivity contribution is 6.09. The molecule has 7 heteroatoms. The first kappa shape index (κ1) is 49.7. The molecule has 0 aliphatic carbocycles. The van der Waals surface area contributed by atoms with Crippen LogP contribution in [-0.2, 0) is 10.8 Å². The van der Waals surface area contributed by atoms with Gasteiger partial charge in [-0.1, -0.05) is 48.5 Å². The van der Waals surface area contributed by atoms with E-state index >= 15 is 0 Å². The molecule has 0 aromatic heterocycles. The van der Waals surface area contributed by atoms with Crippen molar-refractivity contribution in [2.24, 2.45) is 0 Å². The summed E-state index contributed by atoms with van der Waals surface area (Å²) in [5, 5.41) is 21.6. The minimum atomic E-state index is -0.140. The van der Waals surface area contributed by atoms with Crippen LogP contribution >= 0.6 is 0 Å². The second-order valence-electron chi connectivity index (χ2n) is 23.1. The van der Waals surface area contributed by atoms with Crippen molar-refractivity contribution >= 4 is 5.78 Å². The highest BCUT2D eigenvalue weighted by atomic mass is 16.5. The van der Waals surface area contributed by atoms with Gasteiger partial charge in [0.05, 0.1) is 52.4 Å². The number of quaternary nitrogens is 2. The molecule has 376 valence electrons. The van der Waals surface area contributed by atoms with Gasteiger partial charge in [-0.25, -0.2) is 0 Å². The Labute approximate surface area is 429 Å². The van der Waals surface area contributed by atoms with Gasteiger partial charge in [-0.3, -0.25) is 4.79 Å². The third-order valence-corrected chi connectivity index (χ3v) is 18.4. The molecule has 72 heavy (non-hydrogen) atoms. The van der Waals surface area contributed by atoms with Crippen molar-refractivity contribution in [1.29, 1.82) is 0 Å². The number of piperidine rings is 4. The molecule has 4 fully saturated rings. The molecule has 4 aliphatic rings. The minimum Gasteiger partial charge on any atom is -0.507 e. The molecule has 0 amide bonds. The largest absolute Gasteiger partial charge is 0.507 e. The molecule has 4 saturated heterocycles. The zero-order valence-electron chi connectivity index (χ0n) is 44.5. The number of benzene rings is 6. The second-order valence-corrected chi connectivity index (χ2v) is 23.1. The van der Waals surface area contributed by atoms with Crippen LogP contribution in [0.5, 0.6) is 34.5 Å². The number of hydrogen-bond donors (Lipinski definition) is 2. The van der Waals surface area contributed by atoms with E-state index in [1.807, 2.05) is 76.2 Å². The molecule has 0 atom stereocenters. The molecule has 0 saturated carbocycles. The third-order valence-electron chi connectivity index (χ3n) is 18.4. The summed E-state index contributed by atoms with van der Waals surface area (Å²) < 4.78 is 15.8. The summed E-state index contributed by atoms with van der Waals surface area (Å²) in [6, 6.07) is 33.3. The number of rotatable bonds is 10. The fourth-order valence-corrected chi connectivity index (χ4v) is 13.9. The molecule has 0 radical (unpaired) electrons. The monoisotopic (exact) mass is 967 g/mol. The fourth-order valence-electron chi connectivity index (χ4n) is 13.9. The van der Waals surface area contributed by atoms with Crippen molar-refractivity contribution in [3.05, 3.63) is 175 Å². The Morgan fingerprint density at radius 2 is 0.653 bits per heavy atom. The summed E-state index contributed by atoms with van der Waals surface area (Å²) >= 11 is 0. The van der Waals surface area contributed by atoms with Crippen molar-refractivity contribution in [3.8, 4) is 34.5 Å². The van der Waals surface area contributed by atoms with Gasteiger partial charge >= 0.3 is 0 Å². The molecular weight excluding hydrogens is 889 g/mol. The van der Waals surface area contributed by atoms with E-state index in [4.69, 9.17) is 9.47 Å². The molecule has 2 spiro atoms. The van der Waals surface area contributed by atoms with Crippen molar-refractivity contribution < 1.29 is 33.4 Å². The first-order valence-corrected chi connectivity index (χ1v) is 27.2. The Hall–Kier alpha value is -5.89. The highest BCUT2D eigenvalue weighted by Crippen LogP contribution is 2.50. The zero-order valence-corrected chi connectivity index (χ0v) is 44.5. The van der Waals surface area contributed by atoms with Crippen LogP contribution in [0.1, 0.15) is 147 Å². The Balaban J connectivity index is 0.836. The number of carbonyl (C=O) groups excluding carboxylic acids is 1. The van der Waals surface area contributed by atoms with Crippen LogP contribution in [0.25, 0.3) is 0 Å². The summed E-state index contributed by atoms with van der Waals surface area (Å²) in [7, 11) is 0. The van der Waals surface area contributed by atoms with E-state index in [0.29, 0.717) is 34.1 Å². The molecule has 4 aliphatic heterocycles. The van der Waals surface area contributed by atoms with E-state index in [-0.39, 0.29) is 16.6 Å². The first-order chi connectivity index (χ1) is 34.5. The van der Waals surface area contributed by atoms with Gasteiger partial charge in [-0.15, -0.1) is 0 Å². The molecule has 6 aromatic rings. The topological polar surface area (TPSA) is 76.0 Å². The molecule has 0 bridgehead atoms. The molecule has 4 heterocycles. The SMILES string of the molecule is Cc1cc(C2(c3cc(C)c(Oc4ccc(C(=O)c5ccc(Oc6c(C)cc(C7(c8cc(C)c(O)c(C)c8)CC[N+]8(CCCCC8)CC7)cc6C)cc5)cc4)c(C)c3)CC[N+]3(CCCCC3)CC2)cc(C)c1O. The normalized spacial score (nSPS) is 20.3. The maximum Gasteiger partial charge on any atom is 0.193 e. The first-order valence-electron chi connectivity index (χ1n) is 27.2. The number of carbonyl (C=O) groups is 1. The van der Waals surface area contributed by atoms with Crippen molar-refractivity contribution in [3.63, 3.8) is 0 Å². The summed E-state index contributed by atoms with van der Waals surface area (Å²) in [6.45, 7) is 26.6. The lowest BCUT2D eigenvalue weighted by Gasteiger charge is -2.51. The smallest absolute Gasteiger partial charge is 0.193 e. The molecule has 6 aromatic carbocycles. The molecule has 10 rings (SSSR count). The van der Waals surface area contributed by atoms with Gasteiger partial charge in [0.25, 0.3) is 0 Å². The average Bonchev–Trinajstić information content (AvgIpc) is 3.38. The van der Waals surface area contributed by atoms with E-state index in [0.717, 1.165) is 81.7 Å². The molecule has 2 N–H and O–H groups in total. The maximum atomic E-state index is 13.9. The van der Waals surface area contributed by atoms with E-state index in [1.165, 1.54) is 122 Å². The number of aryl methyl sites for hydroxylation is 8. The van der Waals surface area contributed by atoms with Crippen molar-refractivity contribution in [1.82, 2.24) is 0 Å². The van der Waals surface area contributed by atoms with E-state index in [9.17, 15) is 15.0 Å². The lowest BCUT2D eigenvalue weighted by Crippen LogP contribution is -2.58. The number of phenols is 2. The van der Waals surface area contributed by atoms with E-state index in [1.54, 1.807) is 0 Å². The van der Waals surface area contributed by atoms with Crippen molar-refractivity contribution in [2.75, 3.05) is 52.4 Å². The van der Waals surface area contributed by atoms with Crippen molar-refractivity contribution in [2.45, 2.75) is 130 Å². The second kappa shape index (κ2) is 19.5. The number of nitrogens with zero attached hydrogens (tertiary/aromatic N) is 2. The van der Waals surface area contributed by atoms with Crippen LogP contribution in [0.3, 0.4) is 0 Å². The Morgan fingerprint density at radius 3 is 0.931 bits per heavy atom. The number of aromatic hydroxyl groups is 2. The van der Waals surface area contributed by atoms with Gasteiger partial charge in [-0.05, 0) is 209 Å². The number of ether oxygens (including phenoxy) is 2. The van der Waals surface area contributed by atoms with Gasteiger partial charge in [-0.2, -0.15) is 0 Å². The van der Waals surface area contributed by atoms with E-state index in [2.05, 4.69) is 76.2 Å². The zero-order chi connectivity index (χ0) is 50.6. The van der Waals surface area contributed by atoms with E-state index < -0.39 is 0 Å². The highest BCUT2D eigenvalue weighted by Gasteiger charge is 2.47. The fraction of sp³-hybridized carbons (Fsp3) is 0.431. The predicted molar refractivity (Wildman–Crippen MR) is 291 cm³/mol. The van der Waals surface area contributed by atoms with Gasteiger partial charge in [0.1, 0.15) is 34.5 Å². The Bertz CT molecular complexity index is 2690. The predicted octanol–water partition coefficient (Wildman–Crippen LogP) is 14.5. The van der Waals surface area contributed by atoms with Gasteiger partial charge in [0, 0.05) is 47.6 Å². The average molecular weight is 967 g/mol. The van der Waals surface area contributed by atoms with Gasteiger partial charge < -0.3 is 28.7 Å². The van der Waals surface area contributed by atoms with Gasteiger partial charge in [0.15, 0.2) is 5.78 Å². The summed E-state index contributed by atoms with van der Waals surface area (Å²) in [4.78, 5) is 13.9. The van der Waals surface area contributed by atoms with Crippen LogP contribution in [0.2, 0.25) is 0 Å². The Morgan fingerprint density at radius 1 is 0.389 bits per heavy atom. The molecular formula is C65H78N2O5+2. The minimum absolute atomic E-state index is 0.0567. The molecule has 7 nitrogen and oxygen atoms in total. The summed E-state index contributed by atoms with van der Waals surface area (Å²) in [6.07, 6.45) is 12.3. The third kappa shape index (κ3) is 9.25. The standard InChI is InChI=1S/C65H76N2O5/c1-43-35-53(36-44(2)59(43)68)64(23-31-66(32-24-64)27-11-9-12-28-66)55-39-47(5)62(48(6)40-55)71-57-19-15-51(16-20-57)61(70)52-17-21-58(22-18-52)72-63-49(7)41-56(42-50(63)8)65(54-37-45(3)60(69)46(4)38-54)25-33-67(34-26-65)29-13-10-14-30-67/h15-22,35-42H,9-14,23-34H2,1-8H3/p+2. The summed E-state index contributed by atoms with van der Waals surface area (Å²) in [5.74, 6) is 3.81. The number of phenolic OH excluding ortho intramolecular Hbond substituents is 2. The summed E-state index contributed by atoms with van der Waals surface area (Å²) in [5.41, 5.74) is 14.3. The van der Waals surface area contributed by atoms with Crippen LogP contribution < -0.4 is 9.47 Å². The van der Waals surface area contributed by atoms with Crippen LogP contribution in [0, 0.1) is 55.4 Å². The number of hydrogen-bond acceptors (Lipinski definition) is 5. The quantitative estimate of drug-likeness (QED) is 0.106. The number of ketones is 1. The Kier molecular flexibility index (Phi) is 13.5. The maximum absolute atomic E-state index is 13.9. The van der Waals surface area contributed by atoms with Gasteiger partial charge in [0.2, 0.25) is 0 Å². The van der Waals surface area contributed by atoms with Crippen LogP contribution in [0.15, 0.2) is 97.1 Å².